The van der Waals surface area contributed by atoms with Gasteiger partial charge in [-0.25, -0.2) is 9.97 Å². The molecule has 3 atom stereocenters. The van der Waals surface area contributed by atoms with Gasteiger partial charge in [0.15, 0.2) is 0 Å². The van der Waals surface area contributed by atoms with Crippen LogP contribution in [0.15, 0.2) is 36.5 Å². The van der Waals surface area contributed by atoms with Crippen molar-refractivity contribution in [3.8, 4) is 0 Å². The molecular weight excluding hydrogens is 468 g/mol. The highest BCUT2D eigenvalue weighted by Crippen LogP contribution is 2.55. The van der Waals surface area contributed by atoms with Gasteiger partial charge in [0.1, 0.15) is 17.2 Å². The Bertz CT molecular complexity index is 1170. The molecule has 3 heterocycles. The molecule has 2 amide bonds. The number of hydrogen-bond donors (Lipinski definition) is 3. The highest BCUT2D eigenvalue weighted by atomic mass is 16.3. The first-order valence-electron chi connectivity index (χ1n) is 13.5. The number of piperazine rings is 1. The molecule has 2 unspecified atom stereocenters. The number of hydrogen-bond acceptors (Lipinski definition) is 7. The van der Waals surface area contributed by atoms with Crippen LogP contribution in [0.5, 0.6) is 0 Å². The van der Waals surface area contributed by atoms with Gasteiger partial charge in [-0.1, -0.05) is 6.07 Å². The molecule has 1 aliphatic heterocycles. The highest BCUT2D eigenvalue weighted by Gasteiger charge is 2.55. The van der Waals surface area contributed by atoms with Gasteiger partial charge >= 0.3 is 0 Å². The lowest BCUT2D eigenvalue weighted by atomic mass is 9.52. The zero-order valence-electron chi connectivity index (χ0n) is 21.6. The average Bonchev–Trinajstić information content (AvgIpc) is 2.89. The molecule has 4 saturated carbocycles. The molecule has 9 nitrogen and oxygen atoms in total. The summed E-state index contributed by atoms with van der Waals surface area (Å²) < 4.78 is 0. The van der Waals surface area contributed by atoms with E-state index in [1.165, 1.54) is 0 Å². The van der Waals surface area contributed by atoms with Gasteiger partial charge in [-0.15, -0.1) is 0 Å². The van der Waals surface area contributed by atoms with Crippen LogP contribution in [0.3, 0.4) is 0 Å². The lowest BCUT2D eigenvalue weighted by molar-refractivity contribution is -0.136. The number of anilines is 2. The lowest BCUT2D eigenvalue weighted by Crippen LogP contribution is -2.61. The number of nitrogens with zero attached hydrogens (tertiary/aromatic N) is 4. The molecule has 5 aliphatic rings. The van der Waals surface area contributed by atoms with E-state index in [9.17, 15) is 14.7 Å². The third kappa shape index (κ3) is 4.54. The molecule has 2 aromatic heterocycles. The molecule has 2 aromatic rings. The second-order valence-electron chi connectivity index (χ2n) is 11.5. The van der Waals surface area contributed by atoms with E-state index >= 15 is 0 Å². The Balaban J connectivity index is 1.10. The molecule has 4 aliphatic carbocycles. The van der Waals surface area contributed by atoms with E-state index in [1.54, 1.807) is 25.4 Å². The van der Waals surface area contributed by atoms with Crippen molar-refractivity contribution in [2.45, 2.75) is 56.7 Å². The summed E-state index contributed by atoms with van der Waals surface area (Å²) in [4.78, 5) is 38.6. The normalized spacial score (nSPS) is 32.4. The van der Waals surface area contributed by atoms with E-state index in [0.717, 1.165) is 63.2 Å². The van der Waals surface area contributed by atoms with Gasteiger partial charge in [0.25, 0.3) is 11.8 Å². The number of carbonyl (C=O) groups is 2. The minimum atomic E-state index is -0.504. The number of aliphatic hydroxyl groups is 1. The summed E-state index contributed by atoms with van der Waals surface area (Å²) in [6.45, 7) is 4.50. The van der Waals surface area contributed by atoms with Crippen LogP contribution in [0.2, 0.25) is 0 Å². The maximum absolute atomic E-state index is 13.3. The summed E-state index contributed by atoms with van der Waals surface area (Å²) in [5, 5.41) is 16.8. The Morgan fingerprint density at radius 1 is 1.03 bits per heavy atom. The maximum Gasteiger partial charge on any atom is 0.270 e. The predicted octanol–water partition coefficient (Wildman–Crippen LogP) is 2.22. The van der Waals surface area contributed by atoms with Crippen molar-refractivity contribution >= 4 is 23.3 Å². The van der Waals surface area contributed by atoms with Crippen LogP contribution in [0.4, 0.5) is 11.5 Å². The zero-order chi connectivity index (χ0) is 25.7. The van der Waals surface area contributed by atoms with Gasteiger partial charge in [0, 0.05) is 38.8 Å². The van der Waals surface area contributed by atoms with Gasteiger partial charge in [-0.05, 0) is 81.0 Å². The molecule has 3 N–H and O–H groups in total. The second-order valence-corrected chi connectivity index (χ2v) is 11.5. The number of pyridine rings is 2. The lowest BCUT2D eigenvalue weighted by Gasteiger charge is -2.58. The monoisotopic (exact) mass is 504 g/mol. The first kappa shape index (κ1) is 24.2. The van der Waals surface area contributed by atoms with Crippen molar-refractivity contribution in [2.75, 3.05) is 36.5 Å². The van der Waals surface area contributed by atoms with E-state index in [1.807, 2.05) is 18.2 Å². The Labute approximate surface area is 217 Å². The third-order valence-electron chi connectivity index (χ3n) is 9.00. The minimum Gasteiger partial charge on any atom is -0.390 e. The van der Waals surface area contributed by atoms with Crippen LogP contribution in [0.25, 0.3) is 0 Å². The van der Waals surface area contributed by atoms with Crippen molar-refractivity contribution in [1.29, 1.82) is 0 Å². The zero-order valence-corrected chi connectivity index (χ0v) is 21.6. The van der Waals surface area contributed by atoms with Gasteiger partial charge in [-0.3, -0.25) is 9.59 Å². The van der Waals surface area contributed by atoms with Crippen molar-refractivity contribution in [1.82, 2.24) is 20.6 Å². The van der Waals surface area contributed by atoms with E-state index in [4.69, 9.17) is 4.98 Å². The van der Waals surface area contributed by atoms with Crippen molar-refractivity contribution in [3.05, 3.63) is 47.9 Å². The molecule has 37 heavy (non-hydrogen) atoms. The number of carbonyl (C=O) groups excluding carboxylic acids is 2. The summed E-state index contributed by atoms with van der Waals surface area (Å²) in [6, 6.07) is 9.69. The van der Waals surface area contributed by atoms with Gasteiger partial charge in [0.05, 0.1) is 17.5 Å². The summed E-state index contributed by atoms with van der Waals surface area (Å²) >= 11 is 0. The van der Waals surface area contributed by atoms with Crippen LogP contribution in [0.1, 0.15) is 60.0 Å². The summed E-state index contributed by atoms with van der Waals surface area (Å²) in [5.41, 5.74) is 1.34. The standard InChI is InChI=1S/C28H36N6O3/c1-17-16-33(21-6-7-22(30-15-21)26(35)29-2)8-9-34(17)24-5-3-4-23(31-24)27(36)32-25-19-10-18-11-20(25)14-28(37,12-18)13-19/h3-7,15,17-20,25,37H,8-14,16H2,1-2H3,(H,29,35)(H,32,36)/t17-,18?,19?,20?,25?,28?/m1/s1. The van der Waals surface area contributed by atoms with Crippen LogP contribution in [0, 0.1) is 17.8 Å². The summed E-state index contributed by atoms with van der Waals surface area (Å²) in [7, 11) is 1.60. The molecule has 0 radical (unpaired) electrons. The van der Waals surface area contributed by atoms with Crippen molar-refractivity contribution < 1.29 is 14.7 Å². The highest BCUT2D eigenvalue weighted by molar-refractivity contribution is 5.93. The first-order valence-corrected chi connectivity index (χ1v) is 13.5. The first-order chi connectivity index (χ1) is 17.8. The van der Waals surface area contributed by atoms with Gasteiger partial charge in [0.2, 0.25) is 0 Å². The Morgan fingerprint density at radius 3 is 2.46 bits per heavy atom. The van der Waals surface area contributed by atoms with E-state index in [-0.39, 0.29) is 23.9 Å². The van der Waals surface area contributed by atoms with Crippen LogP contribution in [-0.2, 0) is 0 Å². The predicted molar refractivity (Wildman–Crippen MR) is 141 cm³/mol. The maximum atomic E-state index is 13.3. The average molecular weight is 505 g/mol. The Kier molecular flexibility index (Phi) is 6.06. The van der Waals surface area contributed by atoms with E-state index < -0.39 is 5.60 Å². The van der Waals surface area contributed by atoms with E-state index in [2.05, 4.69) is 32.3 Å². The van der Waals surface area contributed by atoms with Crippen LogP contribution >= 0.6 is 0 Å². The largest absolute Gasteiger partial charge is 0.390 e. The molecule has 4 bridgehead atoms. The van der Waals surface area contributed by atoms with E-state index in [0.29, 0.717) is 29.1 Å². The number of nitrogens with one attached hydrogen (secondary N) is 2. The second kappa shape index (κ2) is 9.28. The fraction of sp³-hybridized carbons (Fsp3) is 0.571. The topological polar surface area (TPSA) is 111 Å². The Hall–Kier alpha value is -3.20. The quantitative estimate of drug-likeness (QED) is 0.573. The minimum absolute atomic E-state index is 0.111. The van der Waals surface area contributed by atoms with Crippen molar-refractivity contribution in [3.63, 3.8) is 0 Å². The smallest absolute Gasteiger partial charge is 0.270 e. The number of rotatable bonds is 5. The number of amides is 2. The van der Waals surface area contributed by atoms with Gasteiger partial charge in [-0.2, -0.15) is 0 Å². The molecule has 1 saturated heterocycles. The summed E-state index contributed by atoms with van der Waals surface area (Å²) in [6.07, 6.45) is 6.53. The fourth-order valence-corrected chi connectivity index (χ4v) is 7.52. The molecule has 5 fully saturated rings. The summed E-state index contributed by atoms with van der Waals surface area (Å²) in [5.74, 6) is 1.86. The van der Waals surface area contributed by atoms with Gasteiger partial charge < -0.3 is 25.5 Å². The molecule has 196 valence electrons. The molecular formula is C28H36N6O3. The fourth-order valence-electron chi connectivity index (χ4n) is 7.52. The number of aromatic nitrogens is 2. The SMILES string of the molecule is CNC(=O)c1ccc(N2CCN(c3cccc(C(=O)NC4C5CC6CC4CC(O)(C6)C5)n3)[C@H](C)C2)cn1. The molecule has 0 aromatic carbocycles. The third-order valence-corrected chi connectivity index (χ3v) is 9.00. The van der Waals surface area contributed by atoms with Crippen molar-refractivity contribution in [2.24, 2.45) is 17.8 Å². The Morgan fingerprint density at radius 2 is 1.81 bits per heavy atom. The molecule has 0 spiro atoms. The van der Waals surface area contributed by atoms with Crippen LogP contribution in [-0.4, -0.2) is 71.3 Å². The molecule has 9 heteroatoms. The molecule has 7 rings (SSSR count). The van der Waals surface area contributed by atoms with Crippen LogP contribution < -0.4 is 20.4 Å².